The molecular formula is C14H23NO3. The van der Waals surface area contributed by atoms with E-state index in [2.05, 4.69) is 0 Å². The Morgan fingerprint density at radius 3 is 2.56 bits per heavy atom. The number of aliphatic hydroxyl groups is 2. The summed E-state index contributed by atoms with van der Waals surface area (Å²) in [6.07, 6.45) is -0.616. The van der Waals surface area contributed by atoms with Crippen molar-refractivity contribution in [2.75, 3.05) is 33.9 Å². The highest BCUT2D eigenvalue weighted by molar-refractivity contribution is 5.45. The maximum absolute atomic E-state index is 10.3. The lowest BCUT2D eigenvalue weighted by molar-refractivity contribution is 0.112. The van der Waals surface area contributed by atoms with Crippen LogP contribution in [0.4, 0.5) is 0 Å². The van der Waals surface area contributed by atoms with Crippen LogP contribution in [0.5, 0.6) is 5.75 Å². The molecule has 0 heterocycles. The fourth-order valence-corrected chi connectivity index (χ4v) is 2.17. The zero-order valence-corrected chi connectivity index (χ0v) is 11.6. The molecule has 0 saturated carbocycles. The zero-order valence-electron chi connectivity index (χ0n) is 11.6. The summed E-state index contributed by atoms with van der Waals surface area (Å²) < 4.78 is 5.37. The topological polar surface area (TPSA) is 52.9 Å². The van der Waals surface area contributed by atoms with Crippen LogP contribution in [0.1, 0.15) is 22.8 Å². The minimum absolute atomic E-state index is 0.0905. The maximum Gasteiger partial charge on any atom is 0.127 e. The number of methoxy groups -OCH3 is 1. The summed E-state index contributed by atoms with van der Waals surface area (Å²) in [5.74, 6) is 0.741. The first-order chi connectivity index (χ1) is 8.49. The van der Waals surface area contributed by atoms with Gasteiger partial charge in [0.05, 0.1) is 19.8 Å². The Morgan fingerprint density at radius 1 is 1.33 bits per heavy atom. The third kappa shape index (κ3) is 3.70. The Kier molecular flexibility index (Phi) is 5.59. The molecule has 4 nitrogen and oxygen atoms in total. The number of benzene rings is 1. The van der Waals surface area contributed by atoms with Crippen molar-refractivity contribution in [2.24, 2.45) is 0 Å². The van der Waals surface area contributed by atoms with E-state index < -0.39 is 6.10 Å². The molecular weight excluding hydrogens is 230 g/mol. The Bertz CT molecular complexity index is 393. The molecule has 4 heteroatoms. The summed E-state index contributed by atoms with van der Waals surface area (Å²) in [6.45, 7) is 5.08. The van der Waals surface area contributed by atoms with Gasteiger partial charge in [0.2, 0.25) is 0 Å². The smallest absolute Gasteiger partial charge is 0.127 e. The average Bonchev–Trinajstić information content (AvgIpc) is 2.28. The molecule has 18 heavy (non-hydrogen) atoms. The van der Waals surface area contributed by atoms with Crippen LogP contribution in [0.25, 0.3) is 0 Å². The molecule has 0 aromatic heterocycles. The SMILES string of the molecule is COc1c(C)cc(C)cc1C(O)CN(C)CCO. The lowest BCUT2D eigenvalue weighted by atomic mass is 10.0. The van der Waals surface area contributed by atoms with Crippen LogP contribution < -0.4 is 4.74 Å². The normalized spacial score (nSPS) is 12.8. The molecule has 0 aliphatic carbocycles. The molecule has 2 N–H and O–H groups in total. The van der Waals surface area contributed by atoms with Crippen LogP contribution in [0, 0.1) is 13.8 Å². The molecule has 1 aromatic rings. The number of ether oxygens (including phenoxy) is 1. The molecule has 1 unspecified atom stereocenters. The molecule has 1 rings (SSSR count). The first-order valence-electron chi connectivity index (χ1n) is 6.12. The van der Waals surface area contributed by atoms with E-state index in [9.17, 15) is 5.11 Å². The van der Waals surface area contributed by atoms with Crippen molar-refractivity contribution in [1.82, 2.24) is 4.90 Å². The fraction of sp³-hybridized carbons (Fsp3) is 0.571. The number of hydrogen-bond acceptors (Lipinski definition) is 4. The summed E-state index contributed by atoms with van der Waals surface area (Å²) in [5, 5.41) is 19.1. The van der Waals surface area contributed by atoms with Crippen LogP contribution in [-0.4, -0.2) is 49.0 Å². The third-order valence-electron chi connectivity index (χ3n) is 2.98. The van der Waals surface area contributed by atoms with Gasteiger partial charge in [-0.3, -0.25) is 0 Å². The van der Waals surface area contributed by atoms with Gasteiger partial charge in [-0.05, 0) is 32.5 Å². The average molecular weight is 253 g/mol. The number of rotatable bonds is 6. The summed E-state index contributed by atoms with van der Waals surface area (Å²) in [7, 11) is 3.49. The molecule has 0 aliphatic rings. The zero-order chi connectivity index (χ0) is 13.7. The number of aliphatic hydroxyl groups excluding tert-OH is 2. The van der Waals surface area contributed by atoms with Crippen LogP contribution >= 0.6 is 0 Å². The Morgan fingerprint density at radius 2 is 2.00 bits per heavy atom. The van der Waals surface area contributed by atoms with Crippen molar-refractivity contribution < 1.29 is 14.9 Å². The quantitative estimate of drug-likeness (QED) is 0.801. The fourth-order valence-electron chi connectivity index (χ4n) is 2.17. The van der Waals surface area contributed by atoms with Crippen molar-refractivity contribution in [3.05, 3.63) is 28.8 Å². The first-order valence-corrected chi connectivity index (χ1v) is 6.12. The minimum atomic E-state index is -0.616. The van der Waals surface area contributed by atoms with Crippen molar-refractivity contribution in [2.45, 2.75) is 20.0 Å². The predicted octanol–water partition coefficient (Wildman–Crippen LogP) is 1.27. The second-order valence-corrected chi connectivity index (χ2v) is 4.71. The maximum atomic E-state index is 10.3. The van der Waals surface area contributed by atoms with Crippen molar-refractivity contribution in [3.63, 3.8) is 0 Å². The van der Waals surface area contributed by atoms with E-state index in [-0.39, 0.29) is 6.61 Å². The van der Waals surface area contributed by atoms with E-state index in [1.165, 1.54) is 0 Å². The summed E-state index contributed by atoms with van der Waals surface area (Å²) in [5.41, 5.74) is 2.93. The van der Waals surface area contributed by atoms with Crippen LogP contribution in [0.2, 0.25) is 0 Å². The van der Waals surface area contributed by atoms with E-state index in [0.29, 0.717) is 13.1 Å². The third-order valence-corrected chi connectivity index (χ3v) is 2.98. The molecule has 1 atom stereocenters. The van der Waals surface area contributed by atoms with Gasteiger partial charge in [-0.25, -0.2) is 0 Å². The Labute approximate surface area is 109 Å². The lowest BCUT2D eigenvalue weighted by Gasteiger charge is -2.22. The van der Waals surface area contributed by atoms with Gasteiger partial charge >= 0.3 is 0 Å². The van der Waals surface area contributed by atoms with Gasteiger partial charge in [-0.1, -0.05) is 11.6 Å². The van der Waals surface area contributed by atoms with E-state index in [1.54, 1.807) is 7.11 Å². The van der Waals surface area contributed by atoms with Gasteiger partial charge in [-0.2, -0.15) is 0 Å². The van der Waals surface area contributed by atoms with Crippen molar-refractivity contribution >= 4 is 0 Å². The van der Waals surface area contributed by atoms with Crippen LogP contribution in [-0.2, 0) is 0 Å². The summed E-state index contributed by atoms with van der Waals surface area (Å²) in [4.78, 5) is 1.89. The molecule has 0 spiro atoms. The predicted molar refractivity (Wildman–Crippen MR) is 72.0 cm³/mol. The number of likely N-dealkylation sites (N-methyl/N-ethyl adjacent to an activating group) is 1. The van der Waals surface area contributed by atoms with Crippen LogP contribution in [0.15, 0.2) is 12.1 Å². The molecule has 0 fully saturated rings. The van der Waals surface area contributed by atoms with Gasteiger partial charge < -0.3 is 19.8 Å². The summed E-state index contributed by atoms with van der Waals surface area (Å²) >= 11 is 0. The molecule has 0 amide bonds. The second-order valence-electron chi connectivity index (χ2n) is 4.71. The van der Waals surface area contributed by atoms with Gasteiger partial charge in [-0.15, -0.1) is 0 Å². The molecule has 1 aromatic carbocycles. The molecule has 0 saturated heterocycles. The minimum Gasteiger partial charge on any atom is -0.496 e. The van der Waals surface area contributed by atoms with Crippen molar-refractivity contribution in [3.8, 4) is 5.75 Å². The number of aryl methyl sites for hydroxylation is 2. The molecule has 0 radical (unpaired) electrons. The van der Waals surface area contributed by atoms with E-state index >= 15 is 0 Å². The number of nitrogens with zero attached hydrogens (tertiary/aromatic N) is 1. The standard InChI is InChI=1S/C14H23NO3/c1-10-7-11(2)14(18-4)12(8-10)13(17)9-15(3)5-6-16/h7-8,13,16-17H,5-6,9H2,1-4H3. The van der Waals surface area contributed by atoms with E-state index in [0.717, 1.165) is 22.4 Å². The second kappa shape index (κ2) is 6.73. The molecule has 0 bridgehead atoms. The largest absolute Gasteiger partial charge is 0.496 e. The van der Waals surface area contributed by atoms with Crippen molar-refractivity contribution in [1.29, 1.82) is 0 Å². The molecule has 102 valence electrons. The first kappa shape index (κ1) is 15.0. The van der Waals surface area contributed by atoms with Gasteiger partial charge in [0.25, 0.3) is 0 Å². The monoisotopic (exact) mass is 253 g/mol. The van der Waals surface area contributed by atoms with E-state index in [4.69, 9.17) is 9.84 Å². The van der Waals surface area contributed by atoms with Crippen LogP contribution in [0.3, 0.4) is 0 Å². The highest BCUT2D eigenvalue weighted by atomic mass is 16.5. The molecule has 0 aliphatic heterocycles. The highest BCUT2D eigenvalue weighted by Gasteiger charge is 2.17. The summed E-state index contributed by atoms with van der Waals surface area (Å²) in [6, 6.07) is 3.98. The van der Waals surface area contributed by atoms with Gasteiger partial charge in [0.1, 0.15) is 5.75 Å². The van der Waals surface area contributed by atoms with Gasteiger partial charge in [0.15, 0.2) is 0 Å². The van der Waals surface area contributed by atoms with E-state index in [1.807, 2.05) is 37.9 Å². The van der Waals surface area contributed by atoms with Gasteiger partial charge in [0, 0.05) is 18.7 Å². The highest BCUT2D eigenvalue weighted by Crippen LogP contribution is 2.30. The number of hydrogen-bond donors (Lipinski definition) is 2. The Balaban J connectivity index is 2.93. The lowest BCUT2D eigenvalue weighted by Crippen LogP contribution is -2.27. The Hall–Kier alpha value is -1.10.